The molecule has 0 saturated heterocycles. The molecule has 1 aromatic heterocycles. The number of aryl methyl sites for hydroxylation is 1. The number of nitrogens with one attached hydrogen (secondary N) is 1. The summed E-state index contributed by atoms with van der Waals surface area (Å²) in [6, 6.07) is 3.31. The highest BCUT2D eigenvalue weighted by Gasteiger charge is 2.17. The molecule has 0 spiro atoms. The Morgan fingerprint density at radius 1 is 1.56 bits per heavy atom. The molecule has 1 amide bonds. The van der Waals surface area contributed by atoms with Crippen molar-refractivity contribution in [2.75, 3.05) is 27.2 Å². The summed E-state index contributed by atoms with van der Waals surface area (Å²) in [4.78, 5) is 18.1. The van der Waals surface area contributed by atoms with Crippen LogP contribution in [-0.4, -0.2) is 54.2 Å². The van der Waals surface area contributed by atoms with Gasteiger partial charge in [-0.1, -0.05) is 0 Å². The molecule has 0 saturated carbocycles. The maximum atomic E-state index is 12.0. The van der Waals surface area contributed by atoms with Crippen molar-refractivity contribution in [1.29, 1.82) is 0 Å². The van der Waals surface area contributed by atoms with E-state index in [1.165, 1.54) is 0 Å². The average Bonchev–Trinajstić information content (AvgIpc) is 2.30. The van der Waals surface area contributed by atoms with Crippen molar-refractivity contribution in [3.05, 3.63) is 28.0 Å². The maximum absolute atomic E-state index is 12.0. The second kappa shape index (κ2) is 6.82. The van der Waals surface area contributed by atoms with E-state index in [1.807, 2.05) is 32.0 Å². The Morgan fingerprint density at radius 3 is 2.78 bits per heavy atom. The van der Waals surface area contributed by atoms with Crippen molar-refractivity contribution >= 4 is 21.8 Å². The first-order valence-electron chi connectivity index (χ1n) is 5.63. The van der Waals surface area contributed by atoms with Crippen molar-refractivity contribution in [3.8, 4) is 0 Å². The summed E-state index contributed by atoms with van der Waals surface area (Å²) in [7, 11) is 3.77. The van der Waals surface area contributed by atoms with Gasteiger partial charge in [-0.2, -0.15) is 0 Å². The molecule has 1 unspecified atom stereocenters. The molecule has 0 aliphatic carbocycles. The Hall–Kier alpha value is -0.980. The molecule has 0 fully saturated rings. The van der Waals surface area contributed by atoms with Crippen LogP contribution in [-0.2, 0) is 0 Å². The molecule has 1 heterocycles. The van der Waals surface area contributed by atoms with E-state index in [0.717, 1.165) is 5.69 Å². The average molecular weight is 316 g/mol. The number of carbonyl (C=O) groups is 1. The molecule has 0 aliphatic heterocycles. The van der Waals surface area contributed by atoms with Crippen LogP contribution < -0.4 is 5.32 Å². The van der Waals surface area contributed by atoms with E-state index in [-0.39, 0.29) is 18.6 Å². The molecule has 1 atom stereocenters. The summed E-state index contributed by atoms with van der Waals surface area (Å²) in [5, 5.41) is 12.0. The van der Waals surface area contributed by atoms with Crippen LogP contribution in [0.2, 0.25) is 0 Å². The first kappa shape index (κ1) is 15.1. The zero-order valence-corrected chi connectivity index (χ0v) is 12.4. The first-order chi connectivity index (χ1) is 8.43. The molecule has 5 nitrogen and oxygen atoms in total. The first-order valence-corrected chi connectivity index (χ1v) is 6.43. The number of halogens is 1. The Morgan fingerprint density at radius 2 is 2.22 bits per heavy atom. The fourth-order valence-corrected chi connectivity index (χ4v) is 1.94. The van der Waals surface area contributed by atoms with Crippen LogP contribution in [0.25, 0.3) is 0 Å². The normalized spacial score (nSPS) is 12.6. The standard InChI is InChI=1S/C12H18BrN3O2/c1-8-4-5-10(13)11(14-8)12(18)15-9(7-17)6-16(2)3/h4-5,9,17H,6-7H2,1-3H3,(H,15,18). The molecular weight excluding hydrogens is 298 g/mol. The molecule has 0 radical (unpaired) electrons. The van der Waals surface area contributed by atoms with Crippen LogP contribution in [0.3, 0.4) is 0 Å². The summed E-state index contributed by atoms with van der Waals surface area (Å²) in [6.07, 6.45) is 0. The van der Waals surface area contributed by atoms with Gasteiger partial charge in [-0.15, -0.1) is 0 Å². The van der Waals surface area contributed by atoms with Gasteiger partial charge in [0.05, 0.1) is 12.6 Å². The van der Waals surface area contributed by atoms with Crippen LogP contribution >= 0.6 is 15.9 Å². The number of likely N-dealkylation sites (N-methyl/N-ethyl adjacent to an activating group) is 1. The maximum Gasteiger partial charge on any atom is 0.271 e. The number of aromatic nitrogens is 1. The van der Waals surface area contributed by atoms with Crippen LogP contribution in [0.5, 0.6) is 0 Å². The SMILES string of the molecule is Cc1ccc(Br)c(C(=O)NC(CO)CN(C)C)n1. The number of carbonyl (C=O) groups excluding carboxylic acids is 1. The predicted molar refractivity (Wildman–Crippen MR) is 73.6 cm³/mol. The number of pyridine rings is 1. The van der Waals surface area contributed by atoms with Gasteiger partial charge < -0.3 is 15.3 Å². The van der Waals surface area contributed by atoms with E-state index < -0.39 is 0 Å². The molecule has 100 valence electrons. The van der Waals surface area contributed by atoms with Crippen molar-refractivity contribution < 1.29 is 9.90 Å². The lowest BCUT2D eigenvalue weighted by atomic mass is 10.2. The summed E-state index contributed by atoms with van der Waals surface area (Å²) in [5.74, 6) is -0.286. The number of amides is 1. The highest BCUT2D eigenvalue weighted by Crippen LogP contribution is 2.14. The number of rotatable bonds is 5. The van der Waals surface area contributed by atoms with Gasteiger partial charge in [-0.25, -0.2) is 4.98 Å². The third kappa shape index (κ3) is 4.36. The largest absolute Gasteiger partial charge is 0.394 e. The number of nitrogens with zero attached hydrogens (tertiary/aromatic N) is 2. The third-order valence-corrected chi connectivity index (χ3v) is 2.98. The molecule has 0 aliphatic rings. The Labute approximate surface area is 115 Å². The number of aliphatic hydroxyl groups is 1. The van der Waals surface area contributed by atoms with Gasteiger partial charge in [0, 0.05) is 16.7 Å². The van der Waals surface area contributed by atoms with E-state index in [0.29, 0.717) is 16.7 Å². The second-order valence-corrected chi connectivity index (χ2v) is 5.25. The third-order valence-electron chi connectivity index (χ3n) is 2.34. The quantitative estimate of drug-likeness (QED) is 0.843. The molecule has 1 rings (SSSR count). The van der Waals surface area contributed by atoms with Crippen molar-refractivity contribution in [2.45, 2.75) is 13.0 Å². The monoisotopic (exact) mass is 315 g/mol. The van der Waals surface area contributed by atoms with Gasteiger partial charge in [-0.05, 0) is 49.1 Å². The molecule has 0 bridgehead atoms. The van der Waals surface area contributed by atoms with Gasteiger partial charge >= 0.3 is 0 Å². The van der Waals surface area contributed by atoms with Gasteiger partial charge in [0.1, 0.15) is 5.69 Å². The lowest BCUT2D eigenvalue weighted by Crippen LogP contribution is -2.44. The van der Waals surface area contributed by atoms with Gasteiger partial charge in [0.15, 0.2) is 0 Å². The predicted octanol–water partition coefficient (Wildman–Crippen LogP) is 0.805. The number of hydrogen-bond acceptors (Lipinski definition) is 4. The summed E-state index contributed by atoms with van der Waals surface area (Å²) in [6.45, 7) is 2.30. The van der Waals surface area contributed by atoms with E-state index in [1.54, 1.807) is 6.07 Å². The molecule has 0 aromatic carbocycles. The minimum absolute atomic E-state index is 0.104. The Kier molecular flexibility index (Phi) is 5.71. The Bertz CT molecular complexity index is 424. The lowest BCUT2D eigenvalue weighted by Gasteiger charge is -2.20. The van der Waals surface area contributed by atoms with E-state index in [4.69, 9.17) is 0 Å². The van der Waals surface area contributed by atoms with E-state index >= 15 is 0 Å². The zero-order valence-electron chi connectivity index (χ0n) is 10.8. The van der Waals surface area contributed by atoms with Crippen LogP contribution in [0.4, 0.5) is 0 Å². The highest BCUT2D eigenvalue weighted by atomic mass is 79.9. The smallest absolute Gasteiger partial charge is 0.271 e. The van der Waals surface area contributed by atoms with Crippen molar-refractivity contribution in [2.24, 2.45) is 0 Å². The molecule has 2 N–H and O–H groups in total. The van der Waals surface area contributed by atoms with Crippen LogP contribution in [0, 0.1) is 6.92 Å². The fraction of sp³-hybridized carbons (Fsp3) is 0.500. The number of aliphatic hydroxyl groups excluding tert-OH is 1. The summed E-state index contributed by atoms with van der Waals surface area (Å²) in [5.41, 5.74) is 1.11. The summed E-state index contributed by atoms with van der Waals surface area (Å²) >= 11 is 3.30. The van der Waals surface area contributed by atoms with Gasteiger partial charge in [-0.3, -0.25) is 4.79 Å². The van der Waals surface area contributed by atoms with Crippen molar-refractivity contribution in [3.63, 3.8) is 0 Å². The number of hydrogen-bond donors (Lipinski definition) is 2. The molecule has 6 heteroatoms. The topological polar surface area (TPSA) is 65.5 Å². The Balaban J connectivity index is 2.77. The minimum atomic E-state index is -0.304. The second-order valence-electron chi connectivity index (χ2n) is 4.40. The molecule has 18 heavy (non-hydrogen) atoms. The van der Waals surface area contributed by atoms with Gasteiger partial charge in [0.25, 0.3) is 5.91 Å². The van der Waals surface area contributed by atoms with Crippen LogP contribution in [0.1, 0.15) is 16.2 Å². The highest BCUT2D eigenvalue weighted by molar-refractivity contribution is 9.10. The van der Waals surface area contributed by atoms with Crippen LogP contribution in [0.15, 0.2) is 16.6 Å². The van der Waals surface area contributed by atoms with E-state index in [2.05, 4.69) is 26.2 Å². The zero-order chi connectivity index (χ0) is 13.7. The van der Waals surface area contributed by atoms with Gasteiger partial charge in [0.2, 0.25) is 0 Å². The lowest BCUT2D eigenvalue weighted by molar-refractivity contribution is 0.0898. The van der Waals surface area contributed by atoms with Crippen molar-refractivity contribution in [1.82, 2.24) is 15.2 Å². The molecule has 1 aromatic rings. The minimum Gasteiger partial charge on any atom is -0.394 e. The molecular formula is C12H18BrN3O2. The fourth-order valence-electron chi connectivity index (χ4n) is 1.54. The van der Waals surface area contributed by atoms with E-state index in [9.17, 15) is 9.90 Å². The summed E-state index contributed by atoms with van der Waals surface area (Å²) < 4.78 is 0.646.